The van der Waals surface area contributed by atoms with Gasteiger partial charge in [0.1, 0.15) is 0 Å². The number of ketones is 1. The summed E-state index contributed by atoms with van der Waals surface area (Å²) in [6.07, 6.45) is 1.08. The number of hydrogen-bond acceptors (Lipinski definition) is 4. The molecule has 0 aliphatic heterocycles. The Labute approximate surface area is 128 Å². The molecule has 1 atom stereocenters. The van der Waals surface area contributed by atoms with Crippen molar-refractivity contribution in [3.8, 4) is 0 Å². The molecule has 1 unspecified atom stereocenters. The highest BCUT2D eigenvalue weighted by atomic mass is 35.5. The van der Waals surface area contributed by atoms with E-state index in [2.05, 4.69) is 6.58 Å². The summed E-state index contributed by atoms with van der Waals surface area (Å²) in [7, 11) is 0. The van der Waals surface area contributed by atoms with E-state index in [1.165, 1.54) is 0 Å². The minimum Gasteiger partial charge on any atom is -0.872 e. The molecular weight excluding hydrogens is 292 g/mol. The molecule has 0 radical (unpaired) electrons. The lowest BCUT2D eigenvalue weighted by molar-refractivity contribution is -0.243. The van der Waals surface area contributed by atoms with Gasteiger partial charge in [-0.1, -0.05) is 54.6 Å². The molecule has 0 N–H and O–H groups in total. The number of allylic oxidation sites excluding steroid dienone is 1. The van der Waals surface area contributed by atoms with Gasteiger partial charge in [-0.05, 0) is 25.0 Å². The summed E-state index contributed by atoms with van der Waals surface area (Å²) >= 11 is 6.08. The fourth-order valence-corrected chi connectivity index (χ4v) is 1.78. The number of hydrogen-bond donors (Lipinski definition) is 0. The van der Waals surface area contributed by atoms with Crippen LogP contribution in [-0.4, -0.2) is 23.2 Å². The summed E-state index contributed by atoms with van der Waals surface area (Å²) in [5, 5.41) is 12.1. The topological polar surface area (TPSA) is 66.4 Å². The maximum Gasteiger partial charge on any atom is 0.339 e. The zero-order valence-electron chi connectivity index (χ0n) is 11.9. The lowest BCUT2D eigenvalue weighted by Crippen LogP contribution is -2.42. The largest absolute Gasteiger partial charge is 0.872 e. The van der Waals surface area contributed by atoms with Gasteiger partial charge in [-0.3, -0.25) is 4.79 Å². The van der Waals surface area contributed by atoms with Crippen molar-refractivity contribution in [2.24, 2.45) is 0 Å². The first kappa shape index (κ1) is 17.0. The van der Waals surface area contributed by atoms with E-state index in [1.54, 1.807) is 37.3 Å². The molecule has 0 spiro atoms. The van der Waals surface area contributed by atoms with Crippen LogP contribution in [0.2, 0.25) is 0 Å². The maximum absolute atomic E-state index is 12.1. The highest BCUT2D eigenvalue weighted by Gasteiger charge is 2.44. The molecule has 0 bridgehead atoms. The molecule has 0 heterocycles. The van der Waals surface area contributed by atoms with E-state index in [-0.39, 0.29) is 12.2 Å². The lowest BCUT2D eigenvalue weighted by Gasteiger charge is -2.24. The minimum absolute atomic E-state index is 0.0699. The van der Waals surface area contributed by atoms with E-state index < -0.39 is 22.4 Å². The Hall–Kier alpha value is -2.07. The van der Waals surface area contributed by atoms with E-state index in [0.29, 0.717) is 5.56 Å². The third-order valence-electron chi connectivity index (χ3n) is 2.85. The molecule has 0 saturated heterocycles. The van der Waals surface area contributed by atoms with Crippen molar-refractivity contribution < 1.29 is 19.4 Å². The minimum atomic E-state index is -2.07. The third-order valence-corrected chi connectivity index (χ3v) is 3.51. The van der Waals surface area contributed by atoms with E-state index in [4.69, 9.17) is 16.3 Å². The number of carbonyl (C=O) groups is 2. The van der Waals surface area contributed by atoms with Crippen LogP contribution in [0.4, 0.5) is 0 Å². The van der Waals surface area contributed by atoms with Crippen molar-refractivity contribution in [3.63, 3.8) is 0 Å². The van der Waals surface area contributed by atoms with E-state index in [0.717, 1.165) is 13.0 Å². The Morgan fingerprint density at radius 2 is 1.95 bits per heavy atom. The molecule has 1 aromatic carbocycles. The maximum atomic E-state index is 12.1. The van der Waals surface area contributed by atoms with Crippen LogP contribution in [0.15, 0.2) is 48.6 Å². The van der Waals surface area contributed by atoms with Crippen LogP contribution in [0, 0.1) is 0 Å². The van der Waals surface area contributed by atoms with Gasteiger partial charge >= 0.3 is 5.97 Å². The number of alkyl halides is 1. The van der Waals surface area contributed by atoms with Gasteiger partial charge in [0.15, 0.2) is 5.78 Å². The Morgan fingerprint density at radius 1 is 1.38 bits per heavy atom. The molecule has 4 nitrogen and oxygen atoms in total. The molecular formula is C16H16ClO4-. The van der Waals surface area contributed by atoms with Gasteiger partial charge in [0, 0.05) is 0 Å². The van der Waals surface area contributed by atoms with Gasteiger partial charge in [0.2, 0.25) is 4.87 Å². The van der Waals surface area contributed by atoms with Crippen molar-refractivity contribution >= 4 is 29.1 Å². The highest BCUT2D eigenvalue weighted by molar-refractivity contribution is 6.48. The first-order chi connectivity index (χ1) is 9.83. The van der Waals surface area contributed by atoms with Crippen molar-refractivity contribution in [1.29, 1.82) is 0 Å². The molecule has 5 heteroatoms. The summed E-state index contributed by atoms with van der Waals surface area (Å²) in [6.45, 7) is 6.40. The normalized spacial score (nSPS) is 14.1. The van der Waals surface area contributed by atoms with Gasteiger partial charge in [-0.2, -0.15) is 0 Å². The number of Topliss-reactive ketones (excluding diaryl/α,β-unsaturated/α-hetero) is 1. The second kappa shape index (κ2) is 7.09. The average molecular weight is 308 g/mol. The Morgan fingerprint density at radius 3 is 2.43 bits per heavy atom. The van der Waals surface area contributed by atoms with Crippen LogP contribution in [0.3, 0.4) is 0 Å². The molecule has 1 rings (SSSR count). The molecule has 0 amide bonds. The van der Waals surface area contributed by atoms with Gasteiger partial charge in [-0.25, -0.2) is 4.79 Å². The molecule has 0 saturated carbocycles. The highest BCUT2D eigenvalue weighted by Crippen LogP contribution is 2.29. The van der Waals surface area contributed by atoms with Crippen LogP contribution in [0.5, 0.6) is 0 Å². The number of rotatable bonds is 6. The van der Waals surface area contributed by atoms with Crippen LogP contribution < -0.4 is 5.11 Å². The van der Waals surface area contributed by atoms with E-state index in [9.17, 15) is 14.7 Å². The molecule has 0 aliphatic carbocycles. The summed E-state index contributed by atoms with van der Waals surface area (Å²) in [5.74, 6) is -1.97. The predicted molar refractivity (Wildman–Crippen MR) is 79.5 cm³/mol. The van der Waals surface area contributed by atoms with Crippen LogP contribution in [0.25, 0.3) is 5.76 Å². The lowest BCUT2D eigenvalue weighted by atomic mass is 9.94. The fourth-order valence-electron chi connectivity index (χ4n) is 1.67. The zero-order chi connectivity index (χ0) is 16.0. The summed E-state index contributed by atoms with van der Waals surface area (Å²) < 4.78 is 4.79. The molecule has 0 aromatic heterocycles. The second-order valence-electron chi connectivity index (χ2n) is 4.33. The van der Waals surface area contributed by atoms with Crippen molar-refractivity contribution in [2.75, 3.05) is 6.61 Å². The number of esters is 1. The van der Waals surface area contributed by atoms with Gasteiger partial charge < -0.3 is 9.84 Å². The molecule has 112 valence electrons. The number of carbonyl (C=O) groups excluding carboxylic acids is 2. The molecule has 0 fully saturated rings. The van der Waals surface area contributed by atoms with Crippen molar-refractivity contribution in [3.05, 3.63) is 54.1 Å². The van der Waals surface area contributed by atoms with Crippen molar-refractivity contribution in [1.82, 2.24) is 0 Å². The van der Waals surface area contributed by atoms with Crippen LogP contribution in [-0.2, 0) is 14.3 Å². The average Bonchev–Trinajstić information content (AvgIpc) is 2.47. The summed E-state index contributed by atoms with van der Waals surface area (Å²) in [5.41, 5.74) is 0.300. The first-order valence-corrected chi connectivity index (χ1v) is 6.72. The zero-order valence-corrected chi connectivity index (χ0v) is 12.6. The summed E-state index contributed by atoms with van der Waals surface area (Å²) in [6, 6.07) is 8.40. The molecule has 21 heavy (non-hydrogen) atoms. The number of benzene rings is 1. The van der Waals surface area contributed by atoms with Gasteiger partial charge in [0.25, 0.3) is 0 Å². The number of halogens is 1. The molecule has 0 aliphatic rings. The van der Waals surface area contributed by atoms with E-state index in [1.807, 2.05) is 0 Å². The second-order valence-corrected chi connectivity index (χ2v) is 4.90. The van der Waals surface area contributed by atoms with Crippen LogP contribution >= 0.6 is 11.6 Å². The van der Waals surface area contributed by atoms with E-state index >= 15 is 0 Å². The van der Waals surface area contributed by atoms with Crippen molar-refractivity contribution in [2.45, 2.75) is 18.7 Å². The fraction of sp³-hybridized carbons (Fsp3) is 0.250. The van der Waals surface area contributed by atoms with Gasteiger partial charge in [-0.15, -0.1) is 5.76 Å². The quantitative estimate of drug-likeness (QED) is 0.265. The summed E-state index contributed by atoms with van der Waals surface area (Å²) in [4.78, 5) is 21.5. The molecule has 1 aromatic rings. The SMILES string of the molecule is C=C(/C=C(\[O-])c1ccccc1)C(Cl)(C(C)=O)C(=O)OCC. The third kappa shape index (κ3) is 3.73. The van der Waals surface area contributed by atoms with Crippen LogP contribution in [0.1, 0.15) is 19.4 Å². The Balaban J connectivity index is 3.14. The Bertz CT molecular complexity index is 577. The Kier molecular flexibility index (Phi) is 5.73. The smallest absolute Gasteiger partial charge is 0.339 e. The number of ether oxygens (including phenoxy) is 1. The first-order valence-electron chi connectivity index (χ1n) is 6.34. The standard InChI is InChI=1S/C16H17ClO4/c1-4-21-15(20)16(17,12(3)18)11(2)10-14(19)13-8-6-5-7-9-13/h5-10,19H,2,4H2,1,3H3/p-1/b14-10-. The van der Waals surface area contributed by atoms with Gasteiger partial charge in [0.05, 0.1) is 6.61 Å². The predicted octanol–water partition coefficient (Wildman–Crippen LogP) is 2.07. The monoisotopic (exact) mass is 307 g/mol.